The van der Waals surface area contributed by atoms with Gasteiger partial charge in [0.15, 0.2) is 0 Å². The van der Waals surface area contributed by atoms with Crippen LogP contribution in [0.25, 0.3) is 11.1 Å². The van der Waals surface area contributed by atoms with Gasteiger partial charge in [0.2, 0.25) is 5.71 Å². The summed E-state index contributed by atoms with van der Waals surface area (Å²) in [5.74, 6) is 0.581. The van der Waals surface area contributed by atoms with Crippen molar-refractivity contribution < 1.29 is 17.8 Å². The molecule has 180 valence electrons. The van der Waals surface area contributed by atoms with Crippen molar-refractivity contribution in [2.45, 2.75) is 50.1 Å². The molecule has 2 aromatic heterocycles. The largest absolute Gasteiger partial charge is 0.442 e. The summed E-state index contributed by atoms with van der Waals surface area (Å²) in [5, 5.41) is 4.06. The van der Waals surface area contributed by atoms with Crippen LogP contribution in [0.2, 0.25) is 0 Å². The predicted octanol–water partition coefficient (Wildman–Crippen LogP) is 3.72. The van der Waals surface area contributed by atoms with Crippen molar-refractivity contribution >= 4 is 39.3 Å². The van der Waals surface area contributed by atoms with Gasteiger partial charge in [-0.2, -0.15) is 0 Å². The Kier molecular flexibility index (Phi) is 5.58. The third kappa shape index (κ3) is 4.04. The lowest BCUT2D eigenvalue weighted by atomic mass is 10.1. The molecule has 3 aromatic rings. The van der Waals surface area contributed by atoms with Crippen LogP contribution in [0.5, 0.6) is 0 Å². The number of furan rings is 1. The van der Waals surface area contributed by atoms with Gasteiger partial charge in [0, 0.05) is 53.2 Å². The van der Waals surface area contributed by atoms with Gasteiger partial charge in [0.05, 0.1) is 16.6 Å². The summed E-state index contributed by atoms with van der Waals surface area (Å²) in [4.78, 5) is 26.6. The van der Waals surface area contributed by atoms with Crippen LogP contribution >= 0.6 is 0 Å². The molecule has 1 aromatic carbocycles. The minimum absolute atomic E-state index is 0.0182. The van der Waals surface area contributed by atoms with Gasteiger partial charge in [-0.25, -0.2) is 14.4 Å². The number of piperazine rings is 1. The smallest absolute Gasteiger partial charge is 0.258 e. The van der Waals surface area contributed by atoms with Gasteiger partial charge in [0.1, 0.15) is 23.7 Å². The number of hydrogen-bond donors (Lipinski definition) is 1. The number of fused-ring (bicyclic) bond motifs is 1. The van der Waals surface area contributed by atoms with Gasteiger partial charge in [-0.05, 0) is 51.8 Å². The van der Waals surface area contributed by atoms with E-state index in [0.717, 1.165) is 12.8 Å². The molecule has 34 heavy (non-hydrogen) atoms. The summed E-state index contributed by atoms with van der Waals surface area (Å²) in [6.45, 7) is 7.24. The monoisotopic (exact) mass is 485 g/mol. The number of nitrogens with zero attached hydrogens (tertiary/aromatic N) is 4. The Labute approximate surface area is 200 Å². The minimum atomic E-state index is -1.24. The molecule has 5 rings (SSSR count). The number of carbonyl (C=O) groups is 1. The van der Waals surface area contributed by atoms with Crippen LogP contribution < -0.4 is 10.2 Å². The molecule has 10 heteroatoms. The van der Waals surface area contributed by atoms with Crippen LogP contribution in [0.1, 0.15) is 42.8 Å². The van der Waals surface area contributed by atoms with E-state index < -0.39 is 16.6 Å². The van der Waals surface area contributed by atoms with Crippen molar-refractivity contribution in [2.24, 2.45) is 0 Å². The van der Waals surface area contributed by atoms with Crippen molar-refractivity contribution in [2.75, 3.05) is 36.1 Å². The molecule has 1 aliphatic heterocycles. The van der Waals surface area contributed by atoms with Gasteiger partial charge in [-0.3, -0.25) is 9.00 Å². The Morgan fingerprint density at radius 2 is 2.06 bits per heavy atom. The molecule has 1 saturated heterocycles. The van der Waals surface area contributed by atoms with E-state index in [1.165, 1.54) is 18.6 Å². The molecule has 2 aliphatic rings. The molecule has 0 radical (unpaired) electrons. The van der Waals surface area contributed by atoms with E-state index in [-0.39, 0.29) is 17.5 Å². The fourth-order valence-electron chi connectivity index (χ4n) is 4.54. The number of benzene rings is 1. The number of halogens is 1. The normalized spacial score (nSPS) is 20.4. The fraction of sp³-hybridized carbons (Fsp3) is 0.458. The zero-order valence-electron chi connectivity index (χ0n) is 19.7. The average Bonchev–Trinajstić information content (AvgIpc) is 3.40. The van der Waals surface area contributed by atoms with Crippen LogP contribution in [0, 0.1) is 12.7 Å². The highest BCUT2D eigenvalue weighted by atomic mass is 32.2. The number of amides is 1. The summed E-state index contributed by atoms with van der Waals surface area (Å²) >= 11 is 0. The van der Waals surface area contributed by atoms with E-state index in [2.05, 4.69) is 22.2 Å². The molecule has 2 atom stereocenters. The SMILES string of the molecule is Cc1oc2ncnc(NC3(C)CC3)c2c1C(=O)N1CCN(c2ccc(S(C)=O)cc2F)CC1C. The van der Waals surface area contributed by atoms with Gasteiger partial charge >= 0.3 is 0 Å². The Morgan fingerprint density at radius 1 is 1.29 bits per heavy atom. The van der Waals surface area contributed by atoms with E-state index in [0.29, 0.717) is 58.5 Å². The summed E-state index contributed by atoms with van der Waals surface area (Å²) in [6, 6.07) is 4.51. The van der Waals surface area contributed by atoms with Crippen LogP contribution in [-0.2, 0) is 10.8 Å². The van der Waals surface area contributed by atoms with Gasteiger partial charge < -0.3 is 19.5 Å². The Balaban J connectivity index is 1.40. The van der Waals surface area contributed by atoms with E-state index in [9.17, 15) is 13.4 Å². The maximum Gasteiger partial charge on any atom is 0.258 e. The highest BCUT2D eigenvalue weighted by molar-refractivity contribution is 7.84. The lowest BCUT2D eigenvalue weighted by molar-refractivity contribution is 0.0674. The number of hydrogen-bond acceptors (Lipinski definition) is 7. The second-order valence-electron chi connectivity index (χ2n) is 9.48. The molecule has 1 amide bonds. The molecular weight excluding hydrogens is 457 g/mol. The first-order chi connectivity index (χ1) is 16.2. The quantitative estimate of drug-likeness (QED) is 0.589. The van der Waals surface area contributed by atoms with Gasteiger partial charge in [-0.1, -0.05) is 0 Å². The summed E-state index contributed by atoms with van der Waals surface area (Å²) in [5.41, 5.74) is 1.30. The zero-order chi connectivity index (χ0) is 24.2. The number of nitrogens with one attached hydrogen (secondary N) is 1. The second kappa shape index (κ2) is 8.33. The van der Waals surface area contributed by atoms with Crippen molar-refractivity contribution in [3.05, 3.63) is 41.7 Å². The highest BCUT2D eigenvalue weighted by Crippen LogP contribution is 2.40. The zero-order valence-corrected chi connectivity index (χ0v) is 20.5. The van der Waals surface area contributed by atoms with Crippen LogP contribution in [0.3, 0.4) is 0 Å². The summed E-state index contributed by atoms with van der Waals surface area (Å²) in [7, 11) is -1.24. The maximum absolute atomic E-state index is 14.7. The van der Waals surface area contributed by atoms with E-state index in [4.69, 9.17) is 4.42 Å². The molecule has 1 N–H and O–H groups in total. The van der Waals surface area contributed by atoms with Gasteiger partial charge in [0.25, 0.3) is 5.91 Å². The number of rotatable bonds is 5. The Morgan fingerprint density at radius 3 is 2.71 bits per heavy atom. The topological polar surface area (TPSA) is 91.6 Å². The van der Waals surface area contributed by atoms with Crippen LogP contribution in [-0.4, -0.2) is 62.5 Å². The van der Waals surface area contributed by atoms with E-state index >= 15 is 0 Å². The first kappa shape index (κ1) is 22.8. The molecule has 2 unspecified atom stereocenters. The molecule has 3 heterocycles. The number of aromatic nitrogens is 2. The average molecular weight is 486 g/mol. The number of aryl methyl sites for hydroxylation is 1. The van der Waals surface area contributed by atoms with Crippen molar-refractivity contribution in [3.63, 3.8) is 0 Å². The lowest BCUT2D eigenvalue weighted by Gasteiger charge is -2.41. The predicted molar refractivity (Wildman–Crippen MR) is 129 cm³/mol. The Bertz CT molecular complexity index is 1310. The maximum atomic E-state index is 14.7. The number of anilines is 2. The molecule has 1 saturated carbocycles. The molecule has 0 bridgehead atoms. The first-order valence-corrected chi connectivity index (χ1v) is 12.9. The molecule has 0 spiro atoms. The standard InChI is InChI=1S/C24H28FN5O3S/c1-14-12-29(18-6-5-16(34(4)32)11-17(18)25)9-10-30(14)23(31)19-15(2)33-22-20(19)21(26-13-27-22)28-24(3)7-8-24/h5-6,11,13-14H,7-10,12H2,1-4H3,(H,26,27,28). The molecule has 1 aliphatic carbocycles. The second-order valence-corrected chi connectivity index (χ2v) is 10.9. The van der Waals surface area contributed by atoms with E-state index in [1.807, 2.05) is 11.8 Å². The third-order valence-electron chi connectivity index (χ3n) is 6.78. The van der Waals surface area contributed by atoms with Crippen molar-refractivity contribution in [3.8, 4) is 0 Å². The number of carbonyl (C=O) groups excluding carboxylic acids is 1. The van der Waals surface area contributed by atoms with Crippen LogP contribution in [0.15, 0.2) is 33.8 Å². The summed E-state index contributed by atoms with van der Waals surface area (Å²) in [6.07, 6.45) is 5.06. The summed E-state index contributed by atoms with van der Waals surface area (Å²) < 4.78 is 32.2. The molecular formula is C24H28FN5O3S. The fourth-order valence-corrected chi connectivity index (χ4v) is 5.07. The van der Waals surface area contributed by atoms with E-state index in [1.54, 1.807) is 24.0 Å². The van der Waals surface area contributed by atoms with Gasteiger partial charge in [-0.15, -0.1) is 0 Å². The highest BCUT2D eigenvalue weighted by Gasteiger charge is 2.39. The molecule has 8 nitrogen and oxygen atoms in total. The van der Waals surface area contributed by atoms with Crippen LogP contribution in [0.4, 0.5) is 15.9 Å². The van der Waals surface area contributed by atoms with Crippen molar-refractivity contribution in [1.82, 2.24) is 14.9 Å². The third-order valence-corrected chi connectivity index (χ3v) is 7.70. The Hall–Kier alpha value is -3.01. The minimum Gasteiger partial charge on any atom is -0.442 e. The lowest BCUT2D eigenvalue weighted by Crippen LogP contribution is -2.54. The van der Waals surface area contributed by atoms with Crippen molar-refractivity contribution in [1.29, 1.82) is 0 Å². The first-order valence-electron chi connectivity index (χ1n) is 11.4. The molecule has 2 fully saturated rings.